The van der Waals surface area contributed by atoms with Crippen molar-refractivity contribution in [1.29, 1.82) is 0 Å². The van der Waals surface area contributed by atoms with Crippen molar-refractivity contribution in [2.75, 3.05) is 0 Å². The standard InChI is InChI=1S/C6H14NO4PS/c1-3-4(2)5(6(8)9)7-12(10,11)13/h4-5H,3H2,1-2H3,(H,8,9)(H3,7,10,11,13)/t4-,5-/m0/s1. The Labute approximate surface area is 82.0 Å². The minimum atomic E-state index is -3.64. The van der Waals surface area contributed by atoms with Gasteiger partial charge in [-0.2, -0.15) is 0 Å². The zero-order valence-electron chi connectivity index (χ0n) is 7.47. The Balaban J connectivity index is 4.45. The molecule has 0 spiro atoms. The number of hydrogen-bond acceptors (Lipinski definition) is 2. The Hall–Kier alpha value is 0. The fourth-order valence-electron chi connectivity index (χ4n) is 0.843. The number of carbonyl (C=O) groups is 1. The van der Waals surface area contributed by atoms with E-state index in [1.165, 1.54) is 0 Å². The van der Waals surface area contributed by atoms with Gasteiger partial charge in [0.25, 0.3) is 6.64 Å². The topological polar surface area (TPSA) is 89.8 Å². The smallest absolute Gasteiger partial charge is 0.321 e. The van der Waals surface area contributed by atoms with Gasteiger partial charge in [0.05, 0.1) is 0 Å². The van der Waals surface area contributed by atoms with E-state index in [4.69, 9.17) is 14.9 Å². The molecule has 0 rings (SSSR count). The predicted molar refractivity (Wildman–Crippen MR) is 52.7 cm³/mol. The van der Waals surface area contributed by atoms with Crippen molar-refractivity contribution >= 4 is 24.4 Å². The second kappa shape index (κ2) is 5.02. The second-order valence-corrected chi connectivity index (χ2v) is 5.75. The summed E-state index contributed by atoms with van der Waals surface area (Å²) in [6.07, 6.45) is 0.624. The highest BCUT2D eigenvalue weighted by Crippen LogP contribution is 2.31. The minimum absolute atomic E-state index is 0.195. The van der Waals surface area contributed by atoms with Gasteiger partial charge in [0, 0.05) is 0 Å². The van der Waals surface area contributed by atoms with E-state index in [0.29, 0.717) is 6.42 Å². The van der Waals surface area contributed by atoms with E-state index >= 15 is 0 Å². The number of carboxylic acids is 1. The number of hydrogen-bond donors (Lipinski definition) is 4. The summed E-state index contributed by atoms with van der Waals surface area (Å²) in [5, 5.41) is 10.9. The van der Waals surface area contributed by atoms with Gasteiger partial charge in [-0.15, -0.1) is 0 Å². The molecule has 5 nitrogen and oxygen atoms in total. The van der Waals surface area contributed by atoms with E-state index in [1.54, 1.807) is 6.92 Å². The normalized spacial score (nSPS) is 16.6. The largest absolute Gasteiger partial charge is 0.480 e. The summed E-state index contributed by atoms with van der Waals surface area (Å²) in [5.41, 5.74) is 0. The third-order valence-electron chi connectivity index (χ3n) is 1.79. The number of carboxylic acid groups (broad SMARTS) is 1. The van der Waals surface area contributed by atoms with E-state index in [0.717, 1.165) is 0 Å². The SMILES string of the molecule is CC[C@H](C)[C@H](NP(O)(O)=S)C(=O)O. The summed E-state index contributed by atoms with van der Waals surface area (Å²) in [6.45, 7) is -0.115. The van der Waals surface area contributed by atoms with Gasteiger partial charge in [-0.05, 0) is 17.7 Å². The molecule has 0 saturated heterocycles. The Bertz CT molecular complexity index is 229. The average Bonchev–Trinajstić information content (AvgIpc) is 1.96. The van der Waals surface area contributed by atoms with Gasteiger partial charge in [0.2, 0.25) is 0 Å². The van der Waals surface area contributed by atoms with Crippen molar-refractivity contribution in [3.63, 3.8) is 0 Å². The van der Waals surface area contributed by atoms with Crippen LogP contribution in [0.15, 0.2) is 0 Å². The van der Waals surface area contributed by atoms with E-state index in [1.807, 2.05) is 6.92 Å². The third kappa shape index (κ3) is 5.33. The molecule has 0 fully saturated rings. The average molecular weight is 227 g/mol. The van der Waals surface area contributed by atoms with Crippen LogP contribution in [0, 0.1) is 5.92 Å². The molecule has 0 aliphatic heterocycles. The lowest BCUT2D eigenvalue weighted by Gasteiger charge is -2.22. The molecular formula is C6H14NO4PS. The summed E-state index contributed by atoms with van der Waals surface area (Å²) in [6, 6.07) is -0.995. The van der Waals surface area contributed by atoms with Gasteiger partial charge >= 0.3 is 5.97 Å². The maximum absolute atomic E-state index is 10.7. The molecule has 0 aliphatic rings. The lowest BCUT2D eigenvalue weighted by atomic mass is 10.0. The highest BCUT2D eigenvalue weighted by molar-refractivity contribution is 8.08. The van der Waals surface area contributed by atoms with Crippen LogP contribution >= 0.6 is 6.64 Å². The van der Waals surface area contributed by atoms with Gasteiger partial charge < -0.3 is 14.9 Å². The molecule has 2 atom stereocenters. The summed E-state index contributed by atoms with van der Waals surface area (Å²) < 4.78 is 0. The van der Waals surface area contributed by atoms with E-state index in [-0.39, 0.29) is 5.92 Å². The summed E-state index contributed by atoms with van der Waals surface area (Å²) in [7, 11) is 0. The number of aliphatic carboxylic acids is 1. The first kappa shape index (κ1) is 13.0. The number of nitrogens with one attached hydrogen (secondary N) is 1. The van der Waals surface area contributed by atoms with Crippen LogP contribution in [0.3, 0.4) is 0 Å². The first-order chi connectivity index (χ1) is 5.78. The molecule has 0 aromatic carbocycles. The molecule has 0 bridgehead atoms. The molecule has 78 valence electrons. The summed E-state index contributed by atoms with van der Waals surface area (Å²) in [4.78, 5) is 28.4. The Morgan fingerprint density at radius 2 is 2.08 bits per heavy atom. The van der Waals surface area contributed by atoms with Crippen LogP contribution in [-0.2, 0) is 16.6 Å². The highest BCUT2D eigenvalue weighted by Gasteiger charge is 2.27. The van der Waals surface area contributed by atoms with Crippen molar-refractivity contribution < 1.29 is 19.7 Å². The van der Waals surface area contributed by atoms with Crippen molar-refractivity contribution in [3.05, 3.63) is 0 Å². The van der Waals surface area contributed by atoms with Crippen LogP contribution in [0.25, 0.3) is 0 Å². The maximum Gasteiger partial charge on any atom is 0.321 e. The molecule has 0 heterocycles. The van der Waals surface area contributed by atoms with Crippen LogP contribution in [0.2, 0.25) is 0 Å². The fourth-order valence-corrected chi connectivity index (χ4v) is 1.91. The molecule has 0 unspecified atom stereocenters. The Morgan fingerprint density at radius 1 is 1.62 bits per heavy atom. The first-order valence-corrected chi connectivity index (χ1v) is 6.55. The van der Waals surface area contributed by atoms with Gasteiger partial charge in [-0.1, -0.05) is 20.3 Å². The second-order valence-electron chi connectivity index (χ2n) is 2.87. The van der Waals surface area contributed by atoms with Crippen molar-refractivity contribution in [3.8, 4) is 0 Å². The molecule has 0 amide bonds. The van der Waals surface area contributed by atoms with Gasteiger partial charge in [-0.25, -0.2) is 5.09 Å². The van der Waals surface area contributed by atoms with E-state index in [9.17, 15) is 4.79 Å². The van der Waals surface area contributed by atoms with Crippen molar-refractivity contribution in [2.45, 2.75) is 26.3 Å². The first-order valence-electron chi connectivity index (χ1n) is 3.84. The fraction of sp³-hybridized carbons (Fsp3) is 0.833. The molecule has 13 heavy (non-hydrogen) atoms. The van der Waals surface area contributed by atoms with Gasteiger partial charge in [-0.3, -0.25) is 4.79 Å². The predicted octanol–water partition coefficient (Wildman–Crippen LogP) is 0.284. The van der Waals surface area contributed by atoms with Crippen LogP contribution in [-0.4, -0.2) is 26.9 Å². The minimum Gasteiger partial charge on any atom is -0.480 e. The lowest BCUT2D eigenvalue weighted by Crippen LogP contribution is -2.39. The van der Waals surface area contributed by atoms with Crippen LogP contribution in [0.5, 0.6) is 0 Å². The van der Waals surface area contributed by atoms with E-state index in [2.05, 4.69) is 16.9 Å². The molecule has 4 N–H and O–H groups in total. The Kier molecular flexibility index (Phi) is 5.02. The van der Waals surface area contributed by atoms with Crippen molar-refractivity contribution in [1.82, 2.24) is 5.09 Å². The molecular weight excluding hydrogens is 213 g/mol. The summed E-state index contributed by atoms with van der Waals surface area (Å²) in [5.74, 6) is -1.31. The molecule has 0 aromatic rings. The van der Waals surface area contributed by atoms with Gasteiger partial charge in [0.15, 0.2) is 0 Å². The number of rotatable bonds is 5. The highest BCUT2D eigenvalue weighted by atomic mass is 32.5. The third-order valence-corrected chi connectivity index (χ3v) is 2.72. The van der Waals surface area contributed by atoms with Crippen LogP contribution in [0.4, 0.5) is 0 Å². The molecule has 0 radical (unpaired) electrons. The summed E-state index contributed by atoms with van der Waals surface area (Å²) >= 11 is 4.30. The monoisotopic (exact) mass is 227 g/mol. The lowest BCUT2D eigenvalue weighted by molar-refractivity contribution is -0.140. The Morgan fingerprint density at radius 3 is 2.31 bits per heavy atom. The van der Waals surface area contributed by atoms with Crippen LogP contribution in [0.1, 0.15) is 20.3 Å². The molecule has 0 aliphatic carbocycles. The molecule has 7 heteroatoms. The van der Waals surface area contributed by atoms with Crippen molar-refractivity contribution in [2.24, 2.45) is 5.92 Å². The quantitative estimate of drug-likeness (QED) is 0.504. The van der Waals surface area contributed by atoms with E-state index < -0.39 is 18.7 Å². The molecule has 0 aromatic heterocycles. The molecule has 0 saturated carbocycles. The zero-order valence-corrected chi connectivity index (χ0v) is 9.18. The van der Waals surface area contributed by atoms with Crippen LogP contribution < -0.4 is 5.09 Å². The van der Waals surface area contributed by atoms with Gasteiger partial charge in [0.1, 0.15) is 6.04 Å². The maximum atomic E-state index is 10.7. The zero-order chi connectivity index (χ0) is 10.6.